The average molecular weight is 487 g/mol. The number of rotatable bonds is 4. The fourth-order valence-corrected chi connectivity index (χ4v) is 4.99. The molecule has 0 atom stereocenters. The number of hydrogen-bond donors (Lipinski definition) is 0. The van der Waals surface area contributed by atoms with E-state index in [1.807, 2.05) is 54.7 Å². The Labute approximate surface area is 220 Å². The van der Waals surface area contributed by atoms with Gasteiger partial charge in [-0.2, -0.15) is 0 Å². The van der Waals surface area contributed by atoms with Crippen LogP contribution in [0.5, 0.6) is 0 Å². The number of aromatic nitrogens is 4. The third-order valence-corrected chi connectivity index (χ3v) is 6.80. The van der Waals surface area contributed by atoms with Crippen LogP contribution in [-0.2, 0) is 0 Å². The summed E-state index contributed by atoms with van der Waals surface area (Å²) in [4.78, 5) is 19.0. The highest BCUT2D eigenvalue weighted by Crippen LogP contribution is 2.39. The number of pyridine rings is 4. The average Bonchev–Trinajstić information content (AvgIpc) is 3.00. The van der Waals surface area contributed by atoms with E-state index in [-0.39, 0.29) is 0 Å². The maximum Gasteiger partial charge on any atom is 0.0893 e. The lowest BCUT2D eigenvalue weighted by Crippen LogP contribution is -1.95. The normalized spacial score (nSPS) is 11.2. The molecule has 3 aromatic carbocycles. The van der Waals surface area contributed by atoms with Crippen LogP contribution in [0.4, 0.5) is 0 Å². The van der Waals surface area contributed by atoms with Crippen molar-refractivity contribution in [2.24, 2.45) is 0 Å². The van der Waals surface area contributed by atoms with Crippen LogP contribution < -0.4 is 0 Å². The fourth-order valence-electron chi connectivity index (χ4n) is 4.99. The van der Waals surface area contributed by atoms with E-state index in [0.717, 1.165) is 55.9 Å². The van der Waals surface area contributed by atoms with Crippen LogP contribution in [0.15, 0.2) is 134 Å². The molecule has 178 valence electrons. The summed E-state index contributed by atoms with van der Waals surface area (Å²) in [6.07, 6.45) is 5.42. The van der Waals surface area contributed by atoms with E-state index in [9.17, 15) is 0 Å². The third-order valence-electron chi connectivity index (χ3n) is 6.80. The molecule has 0 radical (unpaired) electrons. The van der Waals surface area contributed by atoms with Crippen molar-refractivity contribution >= 4 is 21.5 Å². The second-order valence-electron chi connectivity index (χ2n) is 9.18. The van der Waals surface area contributed by atoms with Gasteiger partial charge >= 0.3 is 0 Å². The lowest BCUT2D eigenvalue weighted by molar-refractivity contribution is 1.25. The highest BCUT2D eigenvalue weighted by molar-refractivity contribution is 6.08. The topological polar surface area (TPSA) is 51.6 Å². The summed E-state index contributed by atoms with van der Waals surface area (Å²) in [5, 5.41) is 4.71. The molecule has 0 aliphatic carbocycles. The maximum atomic E-state index is 5.13. The van der Waals surface area contributed by atoms with Crippen molar-refractivity contribution in [3.63, 3.8) is 0 Å². The molecule has 7 rings (SSSR count). The van der Waals surface area contributed by atoms with Crippen molar-refractivity contribution in [3.05, 3.63) is 134 Å². The van der Waals surface area contributed by atoms with Crippen LogP contribution >= 0.6 is 0 Å². The van der Waals surface area contributed by atoms with Gasteiger partial charge in [-0.05, 0) is 82.2 Å². The quantitative estimate of drug-likeness (QED) is 0.235. The number of nitrogens with zero attached hydrogens (tertiary/aromatic N) is 4. The van der Waals surface area contributed by atoms with Gasteiger partial charge in [-0.1, -0.05) is 54.6 Å². The summed E-state index contributed by atoms with van der Waals surface area (Å²) in [7, 11) is 0. The fraction of sp³-hybridized carbons (Fsp3) is 0. The van der Waals surface area contributed by atoms with Crippen LogP contribution in [0.1, 0.15) is 0 Å². The standard InChI is InChI=1S/C34H22N4/c1-2-9-24-21-28-25(20-23(24)8-1)16-17-27(30-13-6-14-32(38-30)31-11-3-4-19-36-31)34(28)33-15-5-12-29(37-33)26-10-7-18-35-22-26/h1-22H. The van der Waals surface area contributed by atoms with E-state index in [4.69, 9.17) is 9.97 Å². The molecule has 0 bridgehead atoms. The zero-order chi connectivity index (χ0) is 25.3. The van der Waals surface area contributed by atoms with Gasteiger partial charge in [-0.25, -0.2) is 9.97 Å². The van der Waals surface area contributed by atoms with Gasteiger partial charge in [0.25, 0.3) is 0 Å². The minimum atomic E-state index is 0.838. The van der Waals surface area contributed by atoms with Crippen LogP contribution in [0.25, 0.3) is 66.7 Å². The Hall–Kier alpha value is -5.22. The lowest BCUT2D eigenvalue weighted by atomic mass is 9.92. The van der Waals surface area contributed by atoms with E-state index in [1.165, 1.54) is 10.8 Å². The molecule has 4 aromatic heterocycles. The molecule has 0 aliphatic rings. The van der Waals surface area contributed by atoms with Crippen LogP contribution in [0.3, 0.4) is 0 Å². The Morgan fingerprint density at radius 3 is 2.00 bits per heavy atom. The zero-order valence-corrected chi connectivity index (χ0v) is 20.5. The van der Waals surface area contributed by atoms with Gasteiger partial charge in [-0.3, -0.25) is 9.97 Å². The molecule has 0 amide bonds. The molecule has 0 N–H and O–H groups in total. The van der Waals surface area contributed by atoms with Crippen molar-refractivity contribution in [1.29, 1.82) is 0 Å². The molecule has 0 fully saturated rings. The van der Waals surface area contributed by atoms with Gasteiger partial charge in [0.05, 0.1) is 28.5 Å². The zero-order valence-electron chi connectivity index (χ0n) is 20.5. The first-order chi connectivity index (χ1) is 18.8. The molecular formula is C34H22N4. The SMILES string of the molecule is c1ccc(-c2cccc(-c3ccc4cc5ccccc5cc4c3-c3cccc(-c4cccnc4)n3)n2)nc1. The molecular weight excluding hydrogens is 464 g/mol. The minimum Gasteiger partial charge on any atom is -0.264 e. The molecule has 0 saturated carbocycles. The first-order valence-corrected chi connectivity index (χ1v) is 12.6. The van der Waals surface area contributed by atoms with Gasteiger partial charge in [0.1, 0.15) is 0 Å². The minimum absolute atomic E-state index is 0.838. The van der Waals surface area contributed by atoms with Gasteiger partial charge in [0.15, 0.2) is 0 Å². The highest BCUT2D eigenvalue weighted by atomic mass is 14.8. The molecule has 0 unspecified atom stereocenters. The molecule has 7 aromatic rings. The Morgan fingerprint density at radius 1 is 0.447 bits per heavy atom. The predicted octanol–water partition coefficient (Wildman–Crippen LogP) is 8.24. The Balaban J connectivity index is 1.50. The predicted molar refractivity (Wildman–Crippen MR) is 154 cm³/mol. The van der Waals surface area contributed by atoms with E-state index in [2.05, 4.69) is 76.7 Å². The van der Waals surface area contributed by atoms with Gasteiger partial charge in [0, 0.05) is 35.3 Å². The molecule has 0 aliphatic heterocycles. The number of hydrogen-bond acceptors (Lipinski definition) is 4. The first-order valence-electron chi connectivity index (χ1n) is 12.6. The number of benzene rings is 3. The van der Waals surface area contributed by atoms with E-state index < -0.39 is 0 Å². The van der Waals surface area contributed by atoms with Gasteiger partial charge < -0.3 is 0 Å². The molecule has 4 nitrogen and oxygen atoms in total. The Bertz CT molecular complexity index is 1920. The van der Waals surface area contributed by atoms with Crippen LogP contribution in [-0.4, -0.2) is 19.9 Å². The molecule has 0 spiro atoms. The monoisotopic (exact) mass is 486 g/mol. The van der Waals surface area contributed by atoms with Crippen LogP contribution in [0, 0.1) is 0 Å². The summed E-state index contributed by atoms with van der Waals surface area (Å²) in [5.41, 5.74) is 7.42. The first kappa shape index (κ1) is 22.0. The van der Waals surface area contributed by atoms with E-state index >= 15 is 0 Å². The van der Waals surface area contributed by atoms with E-state index in [0.29, 0.717) is 0 Å². The molecule has 4 heteroatoms. The lowest BCUT2D eigenvalue weighted by Gasteiger charge is -2.15. The number of fused-ring (bicyclic) bond motifs is 2. The molecule has 0 saturated heterocycles. The maximum absolute atomic E-state index is 5.13. The molecule has 4 heterocycles. The third kappa shape index (κ3) is 3.98. The Kier molecular flexibility index (Phi) is 5.41. The van der Waals surface area contributed by atoms with E-state index in [1.54, 1.807) is 12.4 Å². The summed E-state index contributed by atoms with van der Waals surface area (Å²) in [5.74, 6) is 0. The van der Waals surface area contributed by atoms with Gasteiger partial charge in [0.2, 0.25) is 0 Å². The second kappa shape index (κ2) is 9.34. The van der Waals surface area contributed by atoms with Crippen molar-refractivity contribution < 1.29 is 0 Å². The summed E-state index contributed by atoms with van der Waals surface area (Å²) in [6, 6.07) is 39.5. The Morgan fingerprint density at radius 2 is 1.18 bits per heavy atom. The van der Waals surface area contributed by atoms with Crippen molar-refractivity contribution in [2.75, 3.05) is 0 Å². The summed E-state index contributed by atoms with van der Waals surface area (Å²) >= 11 is 0. The highest BCUT2D eigenvalue weighted by Gasteiger charge is 2.16. The summed E-state index contributed by atoms with van der Waals surface area (Å²) in [6.45, 7) is 0. The summed E-state index contributed by atoms with van der Waals surface area (Å²) < 4.78 is 0. The molecule has 38 heavy (non-hydrogen) atoms. The van der Waals surface area contributed by atoms with Crippen molar-refractivity contribution in [1.82, 2.24) is 19.9 Å². The van der Waals surface area contributed by atoms with Crippen molar-refractivity contribution in [3.8, 4) is 45.2 Å². The van der Waals surface area contributed by atoms with Gasteiger partial charge in [-0.15, -0.1) is 0 Å². The van der Waals surface area contributed by atoms with Crippen LogP contribution in [0.2, 0.25) is 0 Å². The largest absolute Gasteiger partial charge is 0.264 e. The second-order valence-corrected chi connectivity index (χ2v) is 9.18. The smallest absolute Gasteiger partial charge is 0.0893 e. The van der Waals surface area contributed by atoms with Crippen molar-refractivity contribution in [2.45, 2.75) is 0 Å².